The van der Waals surface area contributed by atoms with Crippen LogP contribution in [0.2, 0.25) is 0 Å². The Morgan fingerprint density at radius 3 is 2.67 bits per heavy atom. The van der Waals surface area contributed by atoms with E-state index in [0.717, 1.165) is 16.9 Å². The standard InChI is InChI=1S/C14H16N6O/c1-9-5-12(13(21-4)7-15-9)14-17-10(2)18-20(14)11-6-16-19(3)8-11/h5-8H,1-4H3. The molecule has 7 nitrogen and oxygen atoms in total. The fourth-order valence-electron chi connectivity index (χ4n) is 2.17. The molecule has 0 spiro atoms. The average Bonchev–Trinajstić information content (AvgIpc) is 3.04. The highest BCUT2D eigenvalue weighted by Gasteiger charge is 2.17. The lowest BCUT2D eigenvalue weighted by Gasteiger charge is -2.09. The van der Waals surface area contributed by atoms with Crippen molar-refractivity contribution in [3.63, 3.8) is 0 Å². The second-order valence-corrected chi connectivity index (χ2v) is 4.79. The Morgan fingerprint density at radius 1 is 1.19 bits per heavy atom. The fourth-order valence-corrected chi connectivity index (χ4v) is 2.17. The topological polar surface area (TPSA) is 70.7 Å². The number of ether oxygens (including phenoxy) is 1. The van der Waals surface area contributed by atoms with E-state index in [0.29, 0.717) is 17.4 Å². The highest BCUT2D eigenvalue weighted by atomic mass is 16.5. The predicted octanol–water partition coefficient (Wildman–Crippen LogP) is 1.69. The molecule has 3 heterocycles. The minimum absolute atomic E-state index is 0.665. The molecule has 0 unspecified atom stereocenters. The molecule has 0 aromatic carbocycles. The van der Waals surface area contributed by atoms with Crippen molar-refractivity contribution in [3.05, 3.63) is 36.2 Å². The van der Waals surface area contributed by atoms with Crippen LogP contribution in [-0.4, -0.2) is 36.6 Å². The molecule has 0 fully saturated rings. The van der Waals surface area contributed by atoms with Crippen LogP contribution in [0.15, 0.2) is 24.7 Å². The number of hydrogen-bond donors (Lipinski definition) is 0. The van der Waals surface area contributed by atoms with Crippen molar-refractivity contribution < 1.29 is 4.74 Å². The number of pyridine rings is 1. The van der Waals surface area contributed by atoms with Crippen molar-refractivity contribution in [3.8, 4) is 22.8 Å². The third-order valence-electron chi connectivity index (χ3n) is 3.11. The van der Waals surface area contributed by atoms with Crippen LogP contribution in [-0.2, 0) is 7.05 Å². The van der Waals surface area contributed by atoms with Gasteiger partial charge in [0.25, 0.3) is 0 Å². The van der Waals surface area contributed by atoms with Crippen LogP contribution in [0.25, 0.3) is 17.1 Å². The van der Waals surface area contributed by atoms with Crippen molar-refractivity contribution in [1.82, 2.24) is 29.5 Å². The van der Waals surface area contributed by atoms with Crippen LogP contribution in [0.4, 0.5) is 0 Å². The van der Waals surface area contributed by atoms with E-state index in [1.165, 1.54) is 0 Å². The number of aromatic nitrogens is 6. The van der Waals surface area contributed by atoms with E-state index in [-0.39, 0.29) is 0 Å². The van der Waals surface area contributed by atoms with Gasteiger partial charge in [-0.15, -0.1) is 0 Å². The van der Waals surface area contributed by atoms with Crippen LogP contribution in [0.3, 0.4) is 0 Å². The summed E-state index contributed by atoms with van der Waals surface area (Å²) in [5.41, 5.74) is 2.60. The van der Waals surface area contributed by atoms with Crippen LogP contribution in [0, 0.1) is 13.8 Å². The average molecular weight is 284 g/mol. The van der Waals surface area contributed by atoms with Crippen LogP contribution >= 0.6 is 0 Å². The van der Waals surface area contributed by atoms with Crippen molar-refractivity contribution in [2.24, 2.45) is 7.05 Å². The predicted molar refractivity (Wildman–Crippen MR) is 77.4 cm³/mol. The Labute approximate surface area is 122 Å². The summed E-state index contributed by atoms with van der Waals surface area (Å²) in [6.07, 6.45) is 5.33. The molecule has 0 bridgehead atoms. The number of aryl methyl sites for hydroxylation is 3. The SMILES string of the molecule is COc1cnc(C)cc1-c1nc(C)nn1-c1cnn(C)c1. The van der Waals surface area contributed by atoms with Crippen molar-refractivity contribution in [2.45, 2.75) is 13.8 Å². The molecule has 7 heteroatoms. The summed E-state index contributed by atoms with van der Waals surface area (Å²) < 4.78 is 8.89. The van der Waals surface area contributed by atoms with Crippen molar-refractivity contribution in [2.75, 3.05) is 7.11 Å². The summed E-state index contributed by atoms with van der Waals surface area (Å²) in [4.78, 5) is 8.77. The quantitative estimate of drug-likeness (QED) is 0.732. The van der Waals surface area contributed by atoms with Gasteiger partial charge in [-0.2, -0.15) is 10.2 Å². The van der Waals surface area contributed by atoms with Gasteiger partial charge in [0.2, 0.25) is 0 Å². The highest BCUT2D eigenvalue weighted by Crippen LogP contribution is 2.29. The summed E-state index contributed by atoms with van der Waals surface area (Å²) in [6, 6.07) is 1.94. The second-order valence-electron chi connectivity index (χ2n) is 4.79. The number of nitrogens with zero attached hydrogens (tertiary/aromatic N) is 6. The lowest BCUT2D eigenvalue weighted by molar-refractivity contribution is 0.414. The molecule has 0 amide bonds. The van der Waals surface area contributed by atoms with E-state index in [1.807, 2.05) is 33.2 Å². The lowest BCUT2D eigenvalue weighted by atomic mass is 10.2. The molecule has 0 aliphatic rings. The number of hydrogen-bond acceptors (Lipinski definition) is 5. The molecular weight excluding hydrogens is 268 g/mol. The largest absolute Gasteiger partial charge is 0.494 e. The first kappa shape index (κ1) is 13.3. The van der Waals surface area contributed by atoms with E-state index < -0.39 is 0 Å². The van der Waals surface area contributed by atoms with E-state index in [2.05, 4.69) is 20.2 Å². The smallest absolute Gasteiger partial charge is 0.167 e. The number of rotatable bonds is 3. The molecule has 0 aliphatic carbocycles. The second kappa shape index (κ2) is 5.01. The molecule has 0 saturated heterocycles. The zero-order chi connectivity index (χ0) is 15.0. The molecule has 3 aromatic rings. The maximum Gasteiger partial charge on any atom is 0.167 e. The van der Waals surface area contributed by atoms with E-state index >= 15 is 0 Å². The number of methoxy groups -OCH3 is 1. The van der Waals surface area contributed by atoms with Gasteiger partial charge < -0.3 is 4.74 Å². The van der Waals surface area contributed by atoms with Gasteiger partial charge in [0, 0.05) is 12.7 Å². The Balaban J connectivity index is 2.22. The Kier molecular flexibility index (Phi) is 3.17. The van der Waals surface area contributed by atoms with Crippen LogP contribution < -0.4 is 4.74 Å². The lowest BCUT2D eigenvalue weighted by Crippen LogP contribution is -2.01. The maximum atomic E-state index is 5.40. The van der Waals surface area contributed by atoms with Crippen LogP contribution in [0.1, 0.15) is 11.5 Å². The molecule has 0 N–H and O–H groups in total. The summed E-state index contributed by atoms with van der Waals surface area (Å²) in [6.45, 7) is 3.79. The van der Waals surface area contributed by atoms with E-state index in [4.69, 9.17) is 4.74 Å². The first-order valence-corrected chi connectivity index (χ1v) is 6.52. The summed E-state index contributed by atoms with van der Waals surface area (Å²) >= 11 is 0. The Hall–Kier alpha value is -2.70. The summed E-state index contributed by atoms with van der Waals surface area (Å²) in [7, 11) is 3.48. The Morgan fingerprint density at radius 2 is 2.00 bits per heavy atom. The molecule has 21 heavy (non-hydrogen) atoms. The summed E-state index contributed by atoms with van der Waals surface area (Å²) in [5, 5.41) is 8.63. The molecule has 0 aliphatic heterocycles. The molecule has 0 saturated carbocycles. The summed E-state index contributed by atoms with van der Waals surface area (Å²) in [5.74, 6) is 2.06. The van der Waals surface area contributed by atoms with Gasteiger partial charge in [-0.25, -0.2) is 9.67 Å². The molecule has 0 atom stereocenters. The van der Waals surface area contributed by atoms with Gasteiger partial charge in [0.1, 0.15) is 17.3 Å². The van der Waals surface area contributed by atoms with Gasteiger partial charge >= 0.3 is 0 Å². The maximum absolute atomic E-state index is 5.40. The zero-order valence-corrected chi connectivity index (χ0v) is 12.4. The van der Waals surface area contributed by atoms with Crippen molar-refractivity contribution >= 4 is 0 Å². The molecular formula is C14H16N6O. The minimum Gasteiger partial charge on any atom is -0.494 e. The molecule has 0 radical (unpaired) electrons. The highest BCUT2D eigenvalue weighted by molar-refractivity contribution is 5.65. The first-order chi connectivity index (χ1) is 10.1. The molecule has 3 rings (SSSR count). The van der Waals surface area contributed by atoms with E-state index in [9.17, 15) is 0 Å². The van der Waals surface area contributed by atoms with Crippen LogP contribution in [0.5, 0.6) is 5.75 Å². The van der Waals surface area contributed by atoms with Gasteiger partial charge in [-0.3, -0.25) is 9.67 Å². The normalized spacial score (nSPS) is 10.9. The third-order valence-corrected chi connectivity index (χ3v) is 3.11. The van der Waals surface area contributed by atoms with Gasteiger partial charge in [-0.05, 0) is 19.9 Å². The molecule has 108 valence electrons. The van der Waals surface area contributed by atoms with Gasteiger partial charge in [0.15, 0.2) is 5.82 Å². The molecule has 3 aromatic heterocycles. The van der Waals surface area contributed by atoms with Crippen molar-refractivity contribution in [1.29, 1.82) is 0 Å². The third kappa shape index (κ3) is 2.37. The van der Waals surface area contributed by atoms with Gasteiger partial charge in [-0.1, -0.05) is 0 Å². The zero-order valence-electron chi connectivity index (χ0n) is 12.4. The van der Waals surface area contributed by atoms with Gasteiger partial charge in [0.05, 0.1) is 31.3 Å². The first-order valence-electron chi connectivity index (χ1n) is 6.52. The van der Waals surface area contributed by atoms with E-state index in [1.54, 1.807) is 28.9 Å². The Bertz CT molecular complexity index is 789. The minimum atomic E-state index is 0.665. The monoisotopic (exact) mass is 284 g/mol. The fraction of sp³-hybridized carbons (Fsp3) is 0.286.